The van der Waals surface area contributed by atoms with Crippen molar-refractivity contribution in [3.05, 3.63) is 72.3 Å². The van der Waals surface area contributed by atoms with Gasteiger partial charge in [0.25, 0.3) is 5.91 Å². The summed E-state index contributed by atoms with van der Waals surface area (Å²) in [6.45, 7) is 0. The Labute approximate surface area is 143 Å². The summed E-state index contributed by atoms with van der Waals surface area (Å²) in [5.41, 5.74) is 1.50. The second-order valence-corrected chi connectivity index (χ2v) is 5.03. The van der Waals surface area contributed by atoms with Crippen molar-refractivity contribution in [2.24, 2.45) is 0 Å². The number of hydrogen-bond donors (Lipinski definition) is 2. The molecule has 2 aromatic heterocycles. The zero-order valence-corrected chi connectivity index (χ0v) is 13.4. The first-order chi connectivity index (χ1) is 12.2. The van der Waals surface area contributed by atoms with E-state index >= 15 is 0 Å². The van der Waals surface area contributed by atoms with Gasteiger partial charge in [0.2, 0.25) is 0 Å². The second kappa shape index (κ2) is 7.31. The molecule has 0 aliphatic rings. The number of benzene rings is 1. The molecule has 2 N–H and O–H groups in total. The molecule has 0 aliphatic carbocycles. The first-order valence-corrected chi connectivity index (χ1v) is 7.42. The Balaban J connectivity index is 1.71. The zero-order chi connectivity index (χ0) is 17.6. The van der Waals surface area contributed by atoms with Crippen LogP contribution in [0.5, 0.6) is 0 Å². The molecule has 0 spiro atoms. The fourth-order valence-electron chi connectivity index (χ4n) is 2.16. The highest BCUT2D eigenvalue weighted by atomic mass is 16.5. The minimum Gasteiger partial charge on any atom is -0.465 e. The van der Waals surface area contributed by atoms with E-state index in [1.807, 2.05) is 0 Å². The fraction of sp³-hybridized carbons (Fsp3) is 0.0556. The zero-order valence-electron chi connectivity index (χ0n) is 13.4. The summed E-state index contributed by atoms with van der Waals surface area (Å²) in [6, 6.07) is 13.5. The molecule has 0 saturated heterocycles. The lowest BCUT2D eigenvalue weighted by Gasteiger charge is -2.10. The van der Waals surface area contributed by atoms with Crippen molar-refractivity contribution in [3.63, 3.8) is 0 Å². The number of pyridine rings is 1. The summed E-state index contributed by atoms with van der Waals surface area (Å²) in [4.78, 5) is 27.9. The van der Waals surface area contributed by atoms with E-state index < -0.39 is 5.97 Å². The lowest BCUT2D eigenvalue weighted by Crippen LogP contribution is -2.11. The number of carbonyl (C=O) groups is 2. The molecule has 25 heavy (non-hydrogen) atoms. The Hall–Kier alpha value is -3.61. The number of nitrogens with one attached hydrogen (secondary N) is 2. The van der Waals surface area contributed by atoms with Gasteiger partial charge in [0.05, 0.1) is 36.5 Å². The highest BCUT2D eigenvalue weighted by Crippen LogP contribution is 2.21. The largest absolute Gasteiger partial charge is 0.465 e. The van der Waals surface area contributed by atoms with Crippen LogP contribution < -0.4 is 10.6 Å². The van der Waals surface area contributed by atoms with E-state index in [0.717, 1.165) is 0 Å². The van der Waals surface area contributed by atoms with Crippen molar-refractivity contribution < 1.29 is 18.7 Å². The van der Waals surface area contributed by atoms with E-state index in [9.17, 15) is 9.59 Å². The molecule has 0 aliphatic heterocycles. The quantitative estimate of drug-likeness (QED) is 0.693. The molecule has 0 saturated carbocycles. The summed E-state index contributed by atoms with van der Waals surface area (Å²) in [7, 11) is 1.33. The number of para-hydroxylation sites is 1. The Bertz CT molecular complexity index is 874. The van der Waals surface area contributed by atoms with Crippen LogP contribution in [0.15, 0.2) is 65.4 Å². The first-order valence-electron chi connectivity index (χ1n) is 7.42. The Kier molecular flexibility index (Phi) is 4.75. The van der Waals surface area contributed by atoms with E-state index in [4.69, 9.17) is 9.15 Å². The van der Waals surface area contributed by atoms with Gasteiger partial charge < -0.3 is 19.8 Å². The van der Waals surface area contributed by atoms with Crippen molar-refractivity contribution in [2.45, 2.75) is 0 Å². The number of aromatic nitrogens is 1. The summed E-state index contributed by atoms with van der Waals surface area (Å²) in [6.07, 6.45) is 2.93. The predicted molar refractivity (Wildman–Crippen MR) is 92.0 cm³/mol. The van der Waals surface area contributed by atoms with E-state index in [-0.39, 0.29) is 11.7 Å². The smallest absolute Gasteiger partial charge is 0.339 e. The number of ether oxygens (including phenoxy) is 1. The molecule has 0 unspecified atom stereocenters. The van der Waals surface area contributed by atoms with Crippen LogP contribution in [-0.4, -0.2) is 24.0 Å². The van der Waals surface area contributed by atoms with Crippen LogP contribution in [0.3, 0.4) is 0 Å². The van der Waals surface area contributed by atoms with Gasteiger partial charge >= 0.3 is 5.97 Å². The van der Waals surface area contributed by atoms with Gasteiger partial charge in [-0.2, -0.15) is 0 Å². The molecule has 0 radical (unpaired) electrons. The monoisotopic (exact) mass is 337 g/mol. The van der Waals surface area contributed by atoms with Crippen LogP contribution in [0.2, 0.25) is 0 Å². The molecule has 0 atom stereocenters. The van der Waals surface area contributed by atoms with Crippen LogP contribution in [0.1, 0.15) is 20.9 Å². The van der Waals surface area contributed by atoms with Crippen molar-refractivity contribution >= 4 is 29.1 Å². The maximum absolute atomic E-state index is 11.9. The van der Waals surface area contributed by atoms with Crippen LogP contribution in [0.4, 0.5) is 17.2 Å². The lowest BCUT2D eigenvalue weighted by molar-refractivity contribution is 0.0601. The predicted octanol–water partition coefficient (Wildman–Crippen LogP) is 3.46. The second-order valence-electron chi connectivity index (χ2n) is 5.03. The molecular formula is C18H15N3O4. The normalized spacial score (nSPS) is 10.1. The van der Waals surface area contributed by atoms with Crippen molar-refractivity contribution in [2.75, 3.05) is 17.7 Å². The van der Waals surface area contributed by atoms with Crippen molar-refractivity contribution in [3.8, 4) is 0 Å². The summed E-state index contributed by atoms with van der Waals surface area (Å²) >= 11 is 0. The number of amides is 1. The Morgan fingerprint density at radius 2 is 1.92 bits per heavy atom. The maximum Gasteiger partial charge on any atom is 0.339 e. The van der Waals surface area contributed by atoms with Gasteiger partial charge in [0.15, 0.2) is 5.76 Å². The third-order valence-corrected chi connectivity index (χ3v) is 3.36. The molecule has 3 rings (SSSR count). The number of rotatable bonds is 5. The number of carbonyl (C=O) groups excluding carboxylic acids is 2. The van der Waals surface area contributed by atoms with Crippen LogP contribution in [-0.2, 0) is 4.74 Å². The van der Waals surface area contributed by atoms with Gasteiger partial charge in [-0.15, -0.1) is 0 Å². The average molecular weight is 337 g/mol. The topological polar surface area (TPSA) is 93.5 Å². The van der Waals surface area contributed by atoms with Gasteiger partial charge in [-0.3, -0.25) is 4.79 Å². The number of hydrogen-bond acceptors (Lipinski definition) is 6. The lowest BCUT2D eigenvalue weighted by atomic mass is 10.2. The minimum absolute atomic E-state index is 0.217. The van der Waals surface area contributed by atoms with Crippen molar-refractivity contribution in [1.82, 2.24) is 4.98 Å². The van der Waals surface area contributed by atoms with E-state index in [1.165, 1.54) is 19.6 Å². The molecule has 2 heterocycles. The third kappa shape index (κ3) is 3.84. The summed E-state index contributed by atoms with van der Waals surface area (Å²) < 4.78 is 9.79. The van der Waals surface area contributed by atoms with Crippen LogP contribution >= 0.6 is 0 Å². The van der Waals surface area contributed by atoms with E-state index in [2.05, 4.69) is 15.6 Å². The molecule has 1 amide bonds. The van der Waals surface area contributed by atoms with Gasteiger partial charge in [-0.1, -0.05) is 12.1 Å². The molecule has 1 aromatic carbocycles. The van der Waals surface area contributed by atoms with Crippen molar-refractivity contribution in [1.29, 1.82) is 0 Å². The summed E-state index contributed by atoms with van der Waals surface area (Å²) in [5, 5.41) is 5.73. The fourth-order valence-corrected chi connectivity index (χ4v) is 2.16. The number of furan rings is 1. The van der Waals surface area contributed by atoms with Gasteiger partial charge in [0, 0.05) is 0 Å². The molecule has 0 fully saturated rings. The van der Waals surface area contributed by atoms with E-state index in [0.29, 0.717) is 22.8 Å². The number of anilines is 3. The van der Waals surface area contributed by atoms with Crippen LogP contribution in [0.25, 0.3) is 0 Å². The third-order valence-electron chi connectivity index (χ3n) is 3.36. The minimum atomic E-state index is -0.439. The molecule has 7 nitrogen and oxygen atoms in total. The summed E-state index contributed by atoms with van der Waals surface area (Å²) in [5.74, 6) is -0.0597. The SMILES string of the molecule is COC(=O)c1ccccc1Nc1ccc(NC(=O)c2ccco2)cn1. The van der Waals surface area contributed by atoms with E-state index in [1.54, 1.807) is 48.5 Å². The molecule has 3 aromatic rings. The Morgan fingerprint density at radius 1 is 1.08 bits per heavy atom. The Morgan fingerprint density at radius 3 is 2.60 bits per heavy atom. The highest BCUT2D eigenvalue weighted by molar-refractivity contribution is 6.02. The van der Waals surface area contributed by atoms with Crippen LogP contribution in [0, 0.1) is 0 Å². The van der Waals surface area contributed by atoms with Gasteiger partial charge in [-0.25, -0.2) is 9.78 Å². The number of esters is 1. The first kappa shape index (κ1) is 16.3. The molecular weight excluding hydrogens is 322 g/mol. The highest BCUT2D eigenvalue weighted by Gasteiger charge is 2.12. The van der Waals surface area contributed by atoms with Gasteiger partial charge in [0.1, 0.15) is 5.82 Å². The molecule has 126 valence electrons. The maximum atomic E-state index is 11.9. The standard InChI is InChI=1S/C18H15N3O4/c1-24-18(23)13-5-2-3-6-14(13)21-16-9-8-12(11-19-16)20-17(22)15-7-4-10-25-15/h2-11H,1H3,(H,19,21)(H,20,22). The molecule has 7 heteroatoms. The average Bonchev–Trinajstić information content (AvgIpc) is 3.18. The molecule has 0 bridgehead atoms. The van der Waals surface area contributed by atoms with Gasteiger partial charge in [-0.05, 0) is 36.4 Å². The number of nitrogens with zero attached hydrogens (tertiary/aromatic N) is 1. The number of methoxy groups -OCH3 is 1.